The molecule has 33 heavy (non-hydrogen) atoms. The number of hydrogen-bond acceptors (Lipinski definition) is 4. The zero-order chi connectivity index (χ0) is 23.8. The minimum Gasteiger partial charge on any atom is -0.322 e. The van der Waals surface area contributed by atoms with E-state index in [2.05, 4.69) is 10.3 Å². The highest BCUT2D eigenvalue weighted by molar-refractivity contribution is 7.90. The van der Waals surface area contributed by atoms with E-state index in [0.717, 1.165) is 40.2 Å². The van der Waals surface area contributed by atoms with E-state index in [4.69, 9.17) is 0 Å². The van der Waals surface area contributed by atoms with Gasteiger partial charge >= 0.3 is 0 Å². The molecule has 0 atom stereocenters. The second-order valence-corrected chi connectivity index (χ2v) is 10.0. The Balaban J connectivity index is 1.82. The number of rotatable bonds is 5. The maximum atomic E-state index is 13.4. The fraction of sp³-hybridized carbons (Fsp3) is 0.154. The third-order valence-corrected chi connectivity index (χ3v) is 6.83. The number of pyridine rings is 1. The number of nitrogens with one attached hydrogen (secondary N) is 1. The predicted molar refractivity (Wildman–Crippen MR) is 131 cm³/mol. The van der Waals surface area contributed by atoms with Crippen molar-refractivity contribution in [1.82, 2.24) is 9.55 Å². The average Bonchev–Trinajstić information content (AvgIpc) is 3.04. The van der Waals surface area contributed by atoms with Crippen molar-refractivity contribution in [2.24, 2.45) is 0 Å². The molecule has 1 amide bonds. The van der Waals surface area contributed by atoms with Gasteiger partial charge in [-0.15, -0.1) is 0 Å². The zero-order valence-corrected chi connectivity index (χ0v) is 19.8. The molecule has 2 aromatic heterocycles. The summed E-state index contributed by atoms with van der Waals surface area (Å²) in [6, 6.07) is 19.9. The van der Waals surface area contributed by atoms with E-state index >= 15 is 0 Å². The monoisotopic (exact) mass is 459 g/mol. The topological polar surface area (TPSA) is 81.1 Å². The molecule has 0 saturated carbocycles. The first kappa shape index (κ1) is 22.5. The van der Waals surface area contributed by atoms with Crippen molar-refractivity contribution < 1.29 is 13.2 Å². The molecule has 0 unspecified atom stereocenters. The standard InChI is InChI=1S/C26H25N3O3S/c1-17-9-5-6-10-22(17)25-18(2)24(19(3)29(25)23-11-7-8-16-27-23)26(30)28-20-12-14-21(15-13-20)33(4,31)32/h5-16H,1-4H3,(H,28,30). The average molecular weight is 460 g/mol. The van der Waals surface area contributed by atoms with Crippen LogP contribution in [0.5, 0.6) is 0 Å². The van der Waals surface area contributed by atoms with Crippen molar-refractivity contribution in [3.05, 3.63) is 95.3 Å². The van der Waals surface area contributed by atoms with Gasteiger partial charge in [0.25, 0.3) is 5.91 Å². The predicted octanol–water partition coefficient (Wildman–Crippen LogP) is 5.12. The summed E-state index contributed by atoms with van der Waals surface area (Å²) in [5.41, 5.74) is 5.74. The van der Waals surface area contributed by atoms with Crippen molar-refractivity contribution in [2.45, 2.75) is 25.7 Å². The van der Waals surface area contributed by atoms with Crippen LogP contribution in [0.2, 0.25) is 0 Å². The molecule has 7 heteroatoms. The largest absolute Gasteiger partial charge is 0.322 e. The molecule has 1 N–H and O–H groups in total. The molecule has 0 saturated heterocycles. The van der Waals surface area contributed by atoms with Crippen LogP contribution in [-0.2, 0) is 9.84 Å². The number of amides is 1. The normalized spacial score (nSPS) is 11.4. The lowest BCUT2D eigenvalue weighted by Crippen LogP contribution is -2.14. The number of benzene rings is 2. The molecular formula is C26H25N3O3S. The van der Waals surface area contributed by atoms with Gasteiger partial charge in [-0.2, -0.15) is 0 Å². The third-order valence-electron chi connectivity index (χ3n) is 5.70. The van der Waals surface area contributed by atoms with E-state index in [0.29, 0.717) is 11.3 Å². The molecule has 0 radical (unpaired) electrons. The molecule has 0 aliphatic carbocycles. The van der Waals surface area contributed by atoms with Crippen molar-refractivity contribution >= 4 is 21.4 Å². The number of hydrogen-bond donors (Lipinski definition) is 1. The number of aromatic nitrogens is 2. The van der Waals surface area contributed by atoms with Crippen LogP contribution in [0.25, 0.3) is 17.1 Å². The van der Waals surface area contributed by atoms with Gasteiger partial charge in [0.15, 0.2) is 9.84 Å². The third kappa shape index (κ3) is 4.32. The lowest BCUT2D eigenvalue weighted by Gasteiger charge is -2.13. The van der Waals surface area contributed by atoms with Crippen LogP contribution >= 0.6 is 0 Å². The van der Waals surface area contributed by atoms with Crippen LogP contribution in [-0.4, -0.2) is 30.1 Å². The smallest absolute Gasteiger partial charge is 0.257 e. The Morgan fingerprint density at radius 2 is 1.58 bits per heavy atom. The molecule has 0 bridgehead atoms. The molecule has 4 aromatic rings. The van der Waals surface area contributed by atoms with Gasteiger partial charge in [-0.05, 0) is 68.3 Å². The highest BCUT2D eigenvalue weighted by Gasteiger charge is 2.25. The summed E-state index contributed by atoms with van der Waals surface area (Å²) < 4.78 is 25.4. The van der Waals surface area contributed by atoms with Crippen molar-refractivity contribution in [2.75, 3.05) is 11.6 Å². The molecule has 0 aliphatic rings. The Hall–Kier alpha value is -3.71. The fourth-order valence-corrected chi connectivity index (χ4v) is 4.71. The summed E-state index contributed by atoms with van der Waals surface area (Å²) in [7, 11) is -3.30. The van der Waals surface area contributed by atoms with Crippen LogP contribution < -0.4 is 5.32 Å². The molecule has 0 fully saturated rings. The van der Waals surface area contributed by atoms with E-state index in [-0.39, 0.29) is 10.8 Å². The number of carbonyl (C=O) groups is 1. The second kappa shape index (κ2) is 8.67. The first-order valence-electron chi connectivity index (χ1n) is 10.5. The second-order valence-electron chi connectivity index (χ2n) is 8.02. The van der Waals surface area contributed by atoms with Crippen LogP contribution in [0, 0.1) is 20.8 Å². The van der Waals surface area contributed by atoms with Crippen molar-refractivity contribution in [3.63, 3.8) is 0 Å². The highest BCUT2D eigenvalue weighted by atomic mass is 32.2. The van der Waals surface area contributed by atoms with Gasteiger partial charge in [-0.1, -0.05) is 30.3 Å². The van der Waals surface area contributed by atoms with E-state index in [1.807, 2.05) is 67.8 Å². The molecule has 0 aliphatic heterocycles. The van der Waals surface area contributed by atoms with E-state index in [1.54, 1.807) is 18.3 Å². The minimum absolute atomic E-state index is 0.205. The number of carbonyl (C=O) groups excluding carboxylic acids is 1. The Morgan fingerprint density at radius 3 is 2.18 bits per heavy atom. The summed E-state index contributed by atoms with van der Waals surface area (Å²) in [4.78, 5) is 18.1. The van der Waals surface area contributed by atoms with E-state index in [9.17, 15) is 13.2 Å². The first-order chi connectivity index (χ1) is 15.7. The summed E-state index contributed by atoms with van der Waals surface area (Å²) >= 11 is 0. The Morgan fingerprint density at radius 1 is 0.909 bits per heavy atom. The van der Waals surface area contributed by atoms with Gasteiger partial charge in [0.1, 0.15) is 5.82 Å². The Labute approximate surface area is 193 Å². The van der Waals surface area contributed by atoms with Gasteiger partial charge in [-0.3, -0.25) is 9.36 Å². The quantitative estimate of drug-likeness (QED) is 0.449. The number of aryl methyl sites for hydroxylation is 1. The summed E-state index contributed by atoms with van der Waals surface area (Å²) in [5, 5.41) is 2.91. The lowest BCUT2D eigenvalue weighted by atomic mass is 10.0. The van der Waals surface area contributed by atoms with E-state index in [1.165, 1.54) is 12.1 Å². The molecule has 4 rings (SSSR count). The van der Waals surface area contributed by atoms with Crippen molar-refractivity contribution in [3.8, 4) is 17.1 Å². The van der Waals surface area contributed by atoms with Crippen LogP contribution in [0.15, 0.2) is 77.8 Å². The number of nitrogens with zero attached hydrogens (tertiary/aromatic N) is 2. The van der Waals surface area contributed by atoms with Gasteiger partial charge in [-0.25, -0.2) is 13.4 Å². The molecule has 2 aromatic carbocycles. The summed E-state index contributed by atoms with van der Waals surface area (Å²) in [5.74, 6) is 0.467. The summed E-state index contributed by atoms with van der Waals surface area (Å²) in [6.07, 6.45) is 2.88. The van der Waals surface area contributed by atoms with Gasteiger partial charge in [0.05, 0.1) is 16.2 Å². The number of sulfone groups is 1. The van der Waals surface area contributed by atoms with Crippen LogP contribution in [0.4, 0.5) is 5.69 Å². The zero-order valence-electron chi connectivity index (χ0n) is 19.0. The van der Waals surface area contributed by atoms with Crippen LogP contribution in [0.3, 0.4) is 0 Å². The summed E-state index contributed by atoms with van der Waals surface area (Å²) in [6.45, 7) is 5.89. The fourth-order valence-electron chi connectivity index (χ4n) is 4.08. The Kier molecular flexibility index (Phi) is 5.91. The lowest BCUT2D eigenvalue weighted by molar-refractivity contribution is 0.102. The maximum absolute atomic E-state index is 13.4. The highest BCUT2D eigenvalue weighted by Crippen LogP contribution is 2.35. The molecule has 6 nitrogen and oxygen atoms in total. The minimum atomic E-state index is -3.30. The van der Waals surface area contributed by atoms with E-state index < -0.39 is 9.84 Å². The van der Waals surface area contributed by atoms with Crippen LogP contribution in [0.1, 0.15) is 27.2 Å². The first-order valence-corrected chi connectivity index (χ1v) is 12.4. The van der Waals surface area contributed by atoms with Gasteiger partial charge in [0, 0.05) is 29.4 Å². The van der Waals surface area contributed by atoms with Crippen molar-refractivity contribution in [1.29, 1.82) is 0 Å². The van der Waals surface area contributed by atoms with Gasteiger partial charge < -0.3 is 5.32 Å². The maximum Gasteiger partial charge on any atom is 0.257 e. The number of anilines is 1. The SMILES string of the molecule is Cc1ccccc1-c1c(C)c(C(=O)Nc2ccc(S(C)(=O)=O)cc2)c(C)n1-c1ccccn1. The molecule has 0 spiro atoms. The Bertz CT molecular complexity index is 1440. The molecule has 168 valence electrons. The van der Waals surface area contributed by atoms with Gasteiger partial charge in [0.2, 0.25) is 0 Å². The molecular weight excluding hydrogens is 434 g/mol. The molecule has 2 heterocycles.